The lowest BCUT2D eigenvalue weighted by atomic mass is 9.98. The normalized spacial score (nSPS) is 17.6. The maximum atomic E-state index is 11.9. The second kappa shape index (κ2) is 6.16. The van der Waals surface area contributed by atoms with Crippen LogP contribution in [0.1, 0.15) is 18.5 Å². The van der Waals surface area contributed by atoms with Gasteiger partial charge in [-0.05, 0) is 38.8 Å². The number of hydrogen-bond donors (Lipinski definition) is 2. The largest absolute Gasteiger partial charge is 0.396 e. The fraction of sp³-hybridized carbons (Fsp3) is 0.692. The Labute approximate surface area is 113 Å². The summed E-state index contributed by atoms with van der Waals surface area (Å²) in [6.45, 7) is 4.32. The van der Waals surface area contributed by atoms with Crippen LogP contribution in [0.5, 0.6) is 0 Å². The molecule has 1 saturated heterocycles. The first-order valence-electron chi connectivity index (χ1n) is 6.72. The Morgan fingerprint density at radius 2 is 2.21 bits per heavy atom. The van der Waals surface area contributed by atoms with Crippen LogP contribution in [-0.2, 0) is 11.8 Å². The molecule has 106 valence electrons. The van der Waals surface area contributed by atoms with Gasteiger partial charge >= 0.3 is 0 Å². The Kier molecular flexibility index (Phi) is 4.55. The van der Waals surface area contributed by atoms with Gasteiger partial charge in [-0.2, -0.15) is 5.10 Å². The van der Waals surface area contributed by atoms with E-state index in [0.717, 1.165) is 37.4 Å². The summed E-state index contributed by atoms with van der Waals surface area (Å²) in [4.78, 5) is 14.1. The molecular formula is C13H22N4O2. The summed E-state index contributed by atoms with van der Waals surface area (Å²) in [6, 6.07) is 1.86. The predicted octanol–water partition coefficient (Wildman–Crippen LogP) is 0.371. The standard InChI is InChI=1S/C13H22N4O2/c1-10-7-12(16(2)15-10)14-13(19)8-17-5-3-11(9-18)4-6-17/h7,11,18H,3-6,8-9H2,1-2H3,(H,14,19). The molecule has 1 fully saturated rings. The fourth-order valence-electron chi connectivity index (χ4n) is 2.44. The Bertz CT molecular complexity index is 436. The second-order valence-corrected chi connectivity index (χ2v) is 5.24. The number of anilines is 1. The minimum absolute atomic E-state index is 0.00884. The molecule has 1 amide bonds. The van der Waals surface area contributed by atoms with Crippen molar-refractivity contribution in [2.75, 3.05) is 31.6 Å². The Morgan fingerprint density at radius 1 is 1.53 bits per heavy atom. The number of aliphatic hydroxyl groups excluding tert-OH is 1. The maximum absolute atomic E-state index is 11.9. The Balaban J connectivity index is 1.80. The van der Waals surface area contributed by atoms with Crippen molar-refractivity contribution in [1.29, 1.82) is 0 Å². The molecule has 2 N–H and O–H groups in total. The summed E-state index contributed by atoms with van der Waals surface area (Å²) in [6.07, 6.45) is 1.93. The summed E-state index contributed by atoms with van der Waals surface area (Å²) in [5, 5.41) is 16.1. The third-order valence-electron chi connectivity index (χ3n) is 3.60. The van der Waals surface area contributed by atoms with E-state index in [1.165, 1.54) is 0 Å². The zero-order valence-corrected chi connectivity index (χ0v) is 11.6. The first-order chi connectivity index (χ1) is 9.08. The van der Waals surface area contributed by atoms with Crippen molar-refractivity contribution < 1.29 is 9.90 Å². The Hall–Kier alpha value is -1.40. The minimum atomic E-state index is -0.00884. The quantitative estimate of drug-likeness (QED) is 0.826. The molecule has 6 nitrogen and oxygen atoms in total. The molecule has 0 bridgehead atoms. The smallest absolute Gasteiger partial charge is 0.239 e. The van der Waals surface area contributed by atoms with Crippen LogP contribution in [0.4, 0.5) is 5.82 Å². The van der Waals surface area contributed by atoms with Gasteiger partial charge in [-0.25, -0.2) is 0 Å². The number of aromatic nitrogens is 2. The van der Waals surface area contributed by atoms with Crippen molar-refractivity contribution in [1.82, 2.24) is 14.7 Å². The third kappa shape index (κ3) is 3.78. The topological polar surface area (TPSA) is 70.4 Å². The summed E-state index contributed by atoms with van der Waals surface area (Å²) < 4.78 is 1.67. The van der Waals surface area contributed by atoms with E-state index < -0.39 is 0 Å². The van der Waals surface area contributed by atoms with E-state index in [1.54, 1.807) is 4.68 Å². The number of carbonyl (C=O) groups is 1. The van der Waals surface area contributed by atoms with Gasteiger partial charge in [-0.15, -0.1) is 0 Å². The molecule has 1 aliphatic rings. The average Bonchev–Trinajstić information content (AvgIpc) is 2.68. The third-order valence-corrected chi connectivity index (χ3v) is 3.60. The van der Waals surface area contributed by atoms with Crippen molar-refractivity contribution >= 4 is 11.7 Å². The van der Waals surface area contributed by atoms with Crippen LogP contribution in [0.3, 0.4) is 0 Å². The van der Waals surface area contributed by atoms with Gasteiger partial charge in [0.05, 0.1) is 12.2 Å². The molecule has 0 saturated carbocycles. The van der Waals surface area contributed by atoms with E-state index in [-0.39, 0.29) is 12.5 Å². The fourth-order valence-corrected chi connectivity index (χ4v) is 2.44. The molecule has 1 aromatic rings. The second-order valence-electron chi connectivity index (χ2n) is 5.24. The van der Waals surface area contributed by atoms with E-state index in [0.29, 0.717) is 12.5 Å². The highest BCUT2D eigenvalue weighted by Gasteiger charge is 2.20. The Morgan fingerprint density at radius 3 is 2.74 bits per heavy atom. The molecule has 19 heavy (non-hydrogen) atoms. The van der Waals surface area contributed by atoms with Crippen molar-refractivity contribution in [2.24, 2.45) is 13.0 Å². The van der Waals surface area contributed by atoms with Gasteiger partial charge in [0.2, 0.25) is 5.91 Å². The number of piperidine rings is 1. The number of amides is 1. The molecule has 2 rings (SSSR count). The lowest BCUT2D eigenvalue weighted by Gasteiger charge is -2.30. The zero-order chi connectivity index (χ0) is 13.8. The highest BCUT2D eigenvalue weighted by Crippen LogP contribution is 2.16. The molecule has 1 aromatic heterocycles. The number of carbonyl (C=O) groups excluding carboxylic acids is 1. The molecule has 1 aliphatic heterocycles. The molecule has 0 unspecified atom stereocenters. The summed E-state index contributed by atoms with van der Waals surface area (Å²) in [7, 11) is 1.81. The molecule has 0 spiro atoms. The average molecular weight is 266 g/mol. The van der Waals surface area contributed by atoms with Gasteiger partial charge in [0.1, 0.15) is 5.82 Å². The number of nitrogens with zero attached hydrogens (tertiary/aromatic N) is 3. The van der Waals surface area contributed by atoms with Gasteiger partial charge in [-0.3, -0.25) is 14.4 Å². The number of rotatable bonds is 4. The summed E-state index contributed by atoms with van der Waals surface area (Å²) >= 11 is 0. The molecular weight excluding hydrogens is 244 g/mol. The van der Waals surface area contributed by atoms with E-state index >= 15 is 0 Å². The van der Waals surface area contributed by atoms with Crippen LogP contribution in [0, 0.1) is 12.8 Å². The lowest BCUT2D eigenvalue weighted by molar-refractivity contribution is -0.117. The van der Waals surface area contributed by atoms with E-state index in [2.05, 4.69) is 15.3 Å². The van der Waals surface area contributed by atoms with Crippen molar-refractivity contribution in [2.45, 2.75) is 19.8 Å². The lowest BCUT2D eigenvalue weighted by Crippen LogP contribution is -2.40. The van der Waals surface area contributed by atoms with Crippen LogP contribution >= 0.6 is 0 Å². The monoisotopic (exact) mass is 266 g/mol. The summed E-state index contributed by atoms with van der Waals surface area (Å²) in [5.74, 6) is 1.12. The van der Waals surface area contributed by atoms with E-state index in [9.17, 15) is 4.79 Å². The van der Waals surface area contributed by atoms with Crippen LogP contribution in [0.25, 0.3) is 0 Å². The first-order valence-corrected chi connectivity index (χ1v) is 6.72. The molecule has 6 heteroatoms. The number of hydrogen-bond acceptors (Lipinski definition) is 4. The number of aliphatic hydroxyl groups is 1. The summed E-state index contributed by atoms with van der Waals surface area (Å²) in [5.41, 5.74) is 0.890. The van der Waals surface area contributed by atoms with Gasteiger partial charge in [0.25, 0.3) is 0 Å². The maximum Gasteiger partial charge on any atom is 0.239 e. The number of likely N-dealkylation sites (tertiary alicyclic amines) is 1. The van der Waals surface area contributed by atoms with Crippen LogP contribution < -0.4 is 5.32 Å². The number of aryl methyl sites for hydroxylation is 2. The molecule has 2 heterocycles. The molecule has 0 atom stereocenters. The minimum Gasteiger partial charge on any atom is -0.396 e. The van der Waals surface area contributed by atoms with Crippen molar-refractivity contribution in [3.05, 3.63) is 11.8 Å². The van der Waals surface area contributed by atoms with Gasteiger partial charge in [0, 0.05) is 19.7 Å². The predicted molar refractivity (Wildman–Crippen MR) is 72.8 cm³/mol. The van der Waals surface area contributed by atoms with Crippen LogP contribution in [0.15, 0.2) is 6.07 Å². The highest BCUT2D eigenvalue weighted by atomic mass is 16.3. The highest BCUT2D eigenvalue weighted by molar-refractivity contribution is 5.91. The van der Waals surface area contributed by atoms with Gasteiger partial charge in [-0.1, -0.05) is 0 Å². The van der Waals surface area contributed by atoms with Gasteiger partial charge in [0.15, 0.2) is 0 Å². The van der Waals surface area contributed by atoms with Crippen LogP contribution in [-0.4, -0.2) is 51.9 Å². The van der Waals surface area contributed by atoms with Crippen molar-refractivity contribution in [3.8, 4) is 0 Å². The molecule has 0 aliphatic carbocycles. The first kappa shape index (κ1) is 14.0. The van der Waals surface area contributed by atoms with Gasteiger partial charge < -0.3 is 10.4 Å². The van der Waals surface area contributed by atoms with Crippen molar-refractivity contribution in [3.63, 3.8) is 0 Å². The SMILES string of the molecule is Cc1cc(NC(=O)CN2CCC(CO)CC2)n(C)n1. The van der Waals surface area contributed by atoms with Crippen LogP contribution in [0.2, 0.25) is 0 Å². The van der Waals surface area contributed by atoms with E-state index in [1.807, 2.05) is 20.0 Å². The van der Waals surface area contributed by atoms with E-state index in [4.69, 9.17) is 5.11 Å². The zero-order valence-electron chi connectivity index (χ0n) is 11.6. The molecule has 0 aromatic carbocycles. The molecule has 0 radical (unpaired) electrons. The number of nitrogens with one attached hydrogen (secondary N) is 1.